The van der Waals surface area contributed by atoms with Crippen molar-refractivity contribution < 1.29 is 19.8 Å². The van der Waals surface area contributed by atoms with E-state index < -0.39 is 5.97 Å². The minimum Gasteiger partial charge on any atom is -0.508 e. The van der Waals surface area contributed by atoms with E-state index >= 15 is 0 Å². The predicted molar refractivity (Wildman–Crippen MR) is 111 cm³/mol. The van der Waals surface area contributed by atoms with E-state index in [0.717, 1.165) is 16.9 Å². The van der Waals surface area contributed by atoms with Gasteiger partial charge in [-0.25, -0.2) is 4.79 Å². The molecule has 0 atom stereocenters. The number of carbonyl (C=O) groups is 2. The number of hydrogen-bond acceptors (Lipinski definition) is 4. The van der Waals surface area contributed by atoms with Gasteiger partial charge in [-0.15, -0.1) is 11.3 Å². The predicted octanol–water partition coefficient (Wildman–Crippen LogP) is 5.37. The number of aromatic hydroxyl groups is 1. The second-order valence-electron chi connectivity index (χ2n) is 7.49. The van der Waals surface area contributed by atoms with E-state index in [1.165, 1.54) is 12.1 Å². The molecule has 2 aromatic carbocycles. The van der Waals surface area contributed by atoms with E-state index in [1.54, 1.807) is 29.6 Å². The van der Waals surface area contributed by atoms with E-state index in [-0.39, 0.29) is 27.6 Å². The number of carbonyl (C=O) groups excluding carboxylic acids is 1. The van der Waals surface area contributed by atoms with Crippen LogP contribution in [0.2, 0.25) is 0 Å². The van der Waals surface area contributed by atoms with Crippen LogP contribution < -0.4 is 5.32 Å². The zero-order chi connectivity index (χ0) is 20.5. The van der Waals surface area contributed by atoms with E-state index in [9.17, 15) is 19.8 Å². The van der Waals surface area contributed by atoms with Gasteiger partial charge in [0.1, 0.15) is 16.3 Å². The Kier molecular flexibility index (Phi) is 5.25. The van der Waals surface area contributed by atoms with Gasteiger partial charge in [-0.1, -0.05) is 45.0 Å². The molecule has 1 heterocycles. The minimum absolute atomic E-state index is 0.0156. The molecular formula is C22H21NO4S. The molecule has 5 nitrogen and oxygen atoms in total. The van der Waals surface area contributed by atoms with Gasteiger partial charge in [-0.2, -0.15) is 0 Å². The third-order valence-corrected chi connectivity index (χ3v) is 5.32. The number of carboxylic acid groups (broad SMARTS) is 1. The van der Waals surface area contributed by atoms with Crippen LogP contribution in [0.4, 0.5) is 5.00 Å². The smallest absolute Gasteiger partial charge is 0.339 e. The topological polar surface area (TPSA) is 86.6 Å². The molecule has 0 aliphatic rings. The van der Waals surface area contributed by atoms with Crippen LogP contribution in [0, 0.1) is 0 Å². The molecular weight excluding hydrogens is 374 g/mol. The van der Waals surface area contributed by atoms with Crippen molar-refractivity contribution in [3.8, 4) is 16.9 Å². The van der Waals surface area contributed by atoms with E-state index in [2.05, 4.69) is 26.1 Å². The number of phenolic OH excluding ortho intramolecular Hbond substituents is 1. The molecule has 1 amide bonds. The first-order chi connectivity index (χ1) is 13.2. The fraction of sp³-hybridized carbons (Fsp3) is 0.182. The second-order valence-corrected chi connectivity index (χ2v) is 8.37. The number of benzene rings is 2. The Hall–Kier alpha value is -3.12. The Morgan fingerprint density at radius 3 is 2.11 bits per heavy atom. The summed E-state index contributed by atoms with van der Waals surface area (Å²) < 4.78 is 0. The third-order valence-electron chi connectivity index (χ3n) is 4.42. The fourth-order valence-electron chi connectivity index (χ4n) is 2.81. The number of nitrogens with one attached hydrogen (secondary N) is 1. The van der Waals surface area contributed by atoms with Gasteiger partial charge in [-0.3, -0.25) is 4.79 Å². The summed E-state index contributed by atoms with van der Waals surface area (Å²) in [5, 5.41) is 23.8. The highest BCUT2D eigenvalue weighted by Crippen LogP contribution is 2.36. The lowest BCUT2D eigenvalue weighted by Gasteiger charge is -2.19. The van der Waals surface area contributed by atoms with Crippen LogP contribution in [0.5, 0.6) is 5.75 Å². The van der Waals surface area contributed by atoms with E-state index in [0.29, 0.717) is 16.7 Å². The fourth-order valence-corrected chi connectivity index (χ4v) is 3.77. The molecule has 0 aliphatic heterocycles. The van der Waals surface area contributed by atoms with Crippen molar-refractivity contribution in [2.45, 2.75) is 26.2 Å². The summed E-state index contributed by atoms with van der Waals surface area (Å²) in [6, 6.07) is 13.6. The summed E-state index contributed by atoms with van der Waals surface area (Å²) in [5.74, 6) is -1.38. The van der Waals surface area contributed by atoms with Crippen molar-refractivity contribution in [3.63, 3.8) is 0 Å². The molecule has 6 heteroatoms. The van der Waals surface area contributed by atoms with Gasteiger partial charge < -0.3 is 15.5 Å². The lowest BCUT2D eigenvalue weighted by Crippen LogP contribution is -2.15. The lowest BCUT2D eigenvalue weighted by atomic mass is 9.87. The third kappa shape index (κ3) is 4.07. The van der Waals surface area contributed by atoms with Crippen molar-refractivity contribution in [3.05, 3.63) is 70.6 Å². The number of anilines is 1. The molecule has 0 unspecified atom stereocenters. The molecule has 3 aromatic rings. The summed E-state index contributed by atoms with van der Waals surface area (Å²) in [6.07, 6.45) is 0. The van der Waals surface area contributed by atoms with Crippen molar-refractivity contribution in [1.82, 2.24) is 0 Å². The maximum Gasteiger partial charge on any atom is 0.339 e. The average molecular weight is 395 g/mol. The number of thiophene rings is 1. The molecule has 0 fully saturated rings. The molecule has 0 saturated carbocycles. The maximum absolute atomic E-state index is 12.6. The van der Waals surface area contributed by atoms with Gasteiger partial charge in [0.15, 0.2) is 0 Å². The van der Waals surface area contributed by atoms with E-state index in [1.807, 2.05) is 12.1 Å². The Labute approximate surface area is 167 Å². The molecule has 3 rings (SSSR count). The Morgan fingerprint density at radius 1 is 0.964 bits per heavy atom. The number of carboxylic acids is 1. The molecule has 144 valence electrons. The zero-order valence-corrected chi connectivity index (χ0v) is 16.6. The number of rotatable bonds is 4. The van der Waals surface area contributed by atoms with Gasteiger partial charge >= 0.3 is 5.97 Å². The molecule has 3 N–H and O–H groups in total. The van der Waals surface area contributed by atoms with Crippen LogP contribution >= 0.6 is 11.3 Å². The Balaban J connectivity index is 1.89. The average Bonchev–Trinajstić information content (AvgIpc) is 3.05. The quantitative estimate of drug-likeness (QED) is 0.554. The summed E-state index contributed by atoms with van der Waals surface area (Å²) in [6.45, 7) is 6.28. The van der Waals surface area contributed by atoms with Crippen LogP contribution in [-0.2, 0) is 5.41 Å². The number of hydrogen-bond donors (Lipinski definition) is 3. The van der Waals surface area contributed by atoms with Crippen molar-refractivity contribution in [2.75, 3.05) is 5.32 Å². The highest BCUT2D eigenvalue weighted by Gasteiger charge is 2.22. The van der Waals surface area contributed by atoms with Gasteiger partial charge in [0.2, 0.25) is 0 Å². The molecule has 28 heavy (non-hydrogen) atoms. The second kappa shape index (κ2) is 7.48. The monoisotopic (exact) mass is 395 g/mol. The first-order valence-corrected chi connectivity index (χ1v) is 9.61. The van der Waals surface area contributed by atoms with Gasteiger partial charge in [0.05, 0.1) is 0 Å². The minimum atomic E-state index is -1.12. The summed E-state index contributed by atoms with van der Waals surface area (Å²) >= 11 is 1.16. The van der Waals surface area contributed by atoms with Crippen molar-refractivity contribution in [2.24, 2.45) is 0 Å². The first-order valence-electron chi connectivity index (χ1n) is 8.73. The highest BCUT2D eigenvalue weighted by molar-refractivity contribution is 7.15. The van der Waals surface area contributed by atoms with Gasteiger partial charge in [-0.05, 0) is 40.8 Å². The zero-order valence-electron chi connectivity index (χ0n) is 15.8. The largest absolute Gasteiger partial charge is 0.508 e. The summed E-state index contributed by atoms with van der Waals surface area (Å²) in [4.78, 5) is 24.4. The number of amides is 1. The normalized spacial score (nSPS) is 11.2. The molecule has 0 saturated heterocycles. The maximum atomic E-state index is 12.6. The standard InChI is InChI=1S/C22H21NO4S/c1-22(2,3)15-8-4-14(5-9-15)19(25)23-20-18(21(26)27)17(12-28-20)13-6-10-16(24)11-7-13/h4-12,24H,1-3H3,(H,23,25)(H,26,27). The lowest BCUT2D eigenvalue weighted by molar-refractivity contribution is 0.0699. The van der Waals surface area contributed by atoms with Crippen LogP contribution in [0.1, 0.15) is 47.1 Å². The molecule has 0 spiro atoms. The molecule has 0 radical (unpaired) electrons. The van der Waals surface area contributed by atoms with Crippen LogP contribution in [0.25, 0.3) is 11.1 Å². The summed E-state index contributed by atoms with van der Waals surface area (Å²) in [5.41, 5.74) is 2.75. The summed E-state index contributed by atoms with van der Waals surface area (Å²) in [7, 11) is 0. The Bertz CT molecular complexity index is 1010. The van der Waals surface area contributed by atoms with Crippen molar-refractivity contribution in [1.29, 1.82) is 0 Å². The highest BCUT2D eigenvalue weighted by atomic mass is 32.1. The number of phenols is 1. The Morgan fingerprint density at radius 2 is 1.57 bits per heavy atom. The van der Waals surface area contributed by atoms with Crippen LogP contribution in [0.15, 0.2) is 53.9 Å². The van der Waals surface area contributed by atoms with Crippen LogP contribution in [-0.4, -0.2) is 22.1 Å². The molecule has 0 bridgehead atoms. The molecule has 1 aromatic heterocycles. The molecule has 0 aliphatic carbocycles. The number of aromatic carboxylic acids is 1. The van der Waals surface area contributed by atoms with E-state index in [4.69, 9.17) is 0 Å². The SMILES string of the molecule is CC(C)(C)c1ccc(C(=O)Nc2scc(-c3ccc(O)cc3)c2C(=O)O)cc1. The van der Waals surface area contributed by atoms with Gasteiger partial charge in [0.25, 0.3) is 5.91 Å². The van der Waals surface area contributed by atoms with Crippen molar-refractivity contribution >= 4 is 28.2 Å². The van der Waals surface area contributed by atoms with Gasteiger partial charge in [0, 0.05) is 16.5 Å². The van der Waals surface area contributed by atoms with Crippen LogP contribution in [0.3, 0.4) is 0 Å². The first kappa shape index (κ1) is 19.6.